The molecule has 1 nitrogen and oxygen atoms in total. The molecule has 0 bridgehead atoms. The van der Waals surface area contributed by atoms with Gasteiger partial charge in [0, 0.05) is 17.5 Å². The standard InChI is InChI=1S/C11H17NS/c1-3-10-7-11-9(5-6-13-11)8-12(10)4-2/h5-6,10H,3-4,7-8H2,1-2H3. The third kappa shape index (κ3) is 1.65. The lowest BCUT2D eigenvalue weighted by Crippen LogP contribution is -2.39. The molecule has 0 amide bonds. The highest BCUT2D eigenvalue weighted by molar-refractivity contribution is 7.10. The van der Waals surface area contributed by atoms with Crippen LogP contribution in [0.1, 0.15) is 30.7 Å². The first-order chi connectivity index (χ1) is 6.35. The van der Waals surface area contributed by atoms with E-state index in [4.69, 9.17) is 0 Å². The summed E-state index contributed by atoms with van der Waals surface area (Å²) in [5.74, 6) is 0. The number of thiophene rings is 1. The Bertz CT molecular complexity index is 253. The van der Waals surface area contributed by atoms with Gasteiger partial charge < -0.3 is 0 Å². The van der Waals surface area contributed by atoms with E-state index in [9.17, 15) is 0 Å². The Hall–Kier alpha value is -0.340. The van der Waals surface area contributed by atoms with Crippen LogP contribution in [0.5, 0.6) is 0 Å². The molecule has 0 aromatic carbocycles. The molecule has 72 valence electrons. The summed E-state index contributed by atoms with van der Waals surface area (Å²) in [6.07, 6.45) is 2.56. The molecule has 2 heteroatoms. The minimum Gasteiger partial charge on any atom is -0.296 e. The van der Waals surface area contributed by atoms with E-state index in [1.54, 1.807) is 10.4 Å². The summed E-state index contributed by atoms with van der Waals surface area (Å²) in [5, 5.41) is 2.23. The summed E-state index contributed by atoms with van der Waals surface area (Å²) in [7, 11) is 0. The van der Waals surface area contributed by atoms with Crippen molar-refractivity contribution >= 4 is 11.3 Å². The third-order valence-corrected chi connectivity index (χ3v) is 4.01. The zero-order chi connectivity index (χ0) is 9.26. The van der Waals surface area contributed by atoms with Crippen LogP contribution in [0.2, 0.25) is 0 Å². The maximum atomic E-state index is 2.59. The molecule has 1 aliphatic rings. The smallest absolute Gasteiger partial charge is 0.0247 e. The Balaban J connectivity index is 2.20. The first-order valence-corrected chi connectivity index (χ1v) is 6.02. The summed E-state index contributed by atoms with van der Waals surface area (Å²) >= 11 is 1.93. The lowest BCUT2D eigenvalue weighted by Gasteiger charge is -2.34. The van der Waals surface area contributed by atoms with Crippen molar-refractivity contribution in [2.24, 2.45) is 0 Å². The Morgan fingerprint density at radius 1 is 1.54 bits per heavy atom. The fourth-order valence-corrected chi connectivity index (χ4v) is 3.12. The quantitative estimate of drug-likeness (QED) is 0.701. The Morgan fingerprint density at radius 2 is 2.38 bits per heavy atom. The van der Waals surface area contributed by atoms with Crippen molar-refractivity contribution < 1.29 is 0 Å². The summed E-state index contributed by atoms with van der Waals surface area (Å²) in [4.78, 5) is 4.21. The van der Waals surface area contributed by atoms with Crippen LogP contribution >= 0.6 is 11.3 Å². The summed E-state index contributed by atoms with van der Waals surface area (Å²) in [6, 6.07) is 3.07. The Morgan fingerprint density at radius 3 is 3.08 bits per heavy atom. The summed E-state index contributed by atoms with van der Waals surface area (Å²) < 4.78 is 0. The summed E-state index contributed by atoms with van der Waals surface area (Å²) in [5.41, 5.74) is 1.57. The van der Waals surface area contributed by atoms with Crippen LogP contribution in [0.3, 0.4) is 0 Å². The molecule has 0 radical (unpaired) electrons. The van der Waals surface area contributed by atoms with Crippen molar-refractivity contribution in [2.75, 3.05) is 6.54 Å². The number of hydrogen-bond acceptors (Lipinski definition) is 2. The van der Waals surface area contributed by atoms with Gasteiger partial charge in [-0.2, -0.15) is 0 Å². The maximum Gasteiger partial charge on any atom is 0.0247 e. The fraction of sp³-hybridized carbons (Fsp3) is 0.636. The van der Waals surface area contributed by atoms with Gasteiger partial charge >= 0.3 is 0 Å². The van der Waals surface area contributed by atoms with Gasteiger partial charge in [0.15, 0.2) is 0 Å². The largest absolute Gasteiger partial charge is 0.296 e. The molecule has 0 N–H and O–H groups in total. The van der Waals surface area contributed by atoms with E-state index in [0.29, 0.717) is 0 Å². The Kier molecular flexibility index (Phi) is 2.70. The molecule has 0 saturated heterocycles. The van der Waals surface area contributed by atoms with Crippen LogP contribution in [-0.2, 0) is 13.0 Å². The molecule has 2 rings (SSSR count). The molecule has 1 unspecified atom stereocenters. The molecule has 13 heavy (non-hydrogen) atoms. The van der Waals surface area contributed by atoms with Gasteiger partial charge in [-0.3, -0.25) is 4.90 Å². The molecule has 0 fully saturated rings. The highest BCUT2D eigenvalue weighted by Gasteiger charge is 2.23. The Labute approximate surface area is 84.4 Å². The van der Waals surface area contributed by atoms with E-state index in [0.717, 1.165) is 6.04 Å². The molecule has 1 aromatic heterocycles. The lowest BCUT2D eigenvalue weighted by molar-refractivity contribution is 0.178. The zero-order valence-electron chi connectivity index (χ0n) is 8.42. The lowest BCUT2D eigenvalue weighted by atomic mass is 10.0. The normalized spacial score (nSPS) is 23.1. The van der Waals surface area contributed by atoms with Crippen molar-refractivity contribution in [1.29, 1.82) is 0 Å². The molecule has 1 aliphatic heterocycles. The van der Waals surface area contributed by atoms with Gasteiger partial charge in [0.05, 0.1) is 0 Å². The number of rotatable bonds is 2. The molecule has 0 aliphatic carbocycles. The highest BCUT2D eigenvalue weighted by atomic mass is 32.1. The van der Waals surface area contributed by atoms with E-state index in [1.807, 2.05) is 11.3 Å². The second-order valence-corrected chi connectivity index (χ2v) is 4.70. The van der Waals surface area contributed by atoms with Gasteiger partial charge in [-0.05, 0) is 36.4 Å². The summed E-state index contributed by atoms with van der Waals surface area (Å²) in [6.45, 7) is 6.92. The zero-order valence-corrected chi connectivity index (χ0v) is 9.23. The molecule has 0 spiro atoms. The average molecular weight is 195 g/mol. The van der Waals surface area contributed by atoms with E-state index in [-0.39, 0.29) is 0 Å². The van der Waals surface area contributed by atoms with Crippen LogP contribution in [0.25, 0.3) is 0 Å². The van der Waals surface area contributed by atoms with Crippen LogP contribution in [-0.4, -0.2) is 17.5 Å². The molecule has 1 aromatic rings. The molecular formula is C11H17NS. The molecule has 0 saturated carbocycles. The molecule has 1 atom stereocenters. The van der Waals surface area contributed by atoms with E-state index in [2.05, 4.69) is 30.2 Å². The second kappa shape index (κ2) is 3.81. The average Bonchev–Trinajstić information content (AvgIpc) is 2.62. The van der Waals surface area contributed by atoms with Crippen molar-refractivity contribution in [3.05, 3.63) is 21.9 Å². The number of hydrogen-bond donors (Lipinski definition) is 0. The van der Waals surface area contributed by atoms with Crippen LogP contribution in [0.15, 0.2) is 11.4 Å². The van der Waals surface area contributed by atoms with E-state index >= 15 is 0 Å². The monoisotopic (exact) mass is 195 g/mol. The van der Waals surface area contributed by atoms with Crippen LogP contribution in [0.4, 0.5) is 0 Å². The van der Waals surface area contributed by atoms with Crippen molar-refractivity contribution in [3.8, 4) is 0 Å². The minimum absolute atomic E-state index is 0.788. The van der Waals surface area contributed by atoms with Crippen molar-refractivity contribution in [1.82, 2.24) is 4.90 Å². The number of fused-ring (bicyclic) bond motifs is 1. The van der Waals surface area contributed by atoms with Gasteiger partial charge in [-0.15, -0.1) is 11.3 Å². The minimum atomic E-state index is 0.788. The number of nitrogens with zero attached hydrogens (tertiary/aromatic N) is 1. The highest BCUT2D eigenvalue weighted by Crippen LogP contribution is 2.28. The third-order valence-electron chi connectivity index (χ3n) is 3.03. The molecular weight excluding hydrogens is 178 g/mol. The predicted molar refractivity (Wildman–Crippen MR) is 58.2 cm³/mol. The van der Waals surface area contributed by atoms with Crippen molar-refractivity contribution in [2.45, 2.75) is 39.3 Å². The number of likely N-dealkylation sites (N-methyl/N-ethyl adjacent to an activating group) is 1. The fourth-order valence-electron chi connectivity index (χ4n) is 2.15. The van der Waals surface area contributed by atoms with Gasteiger partial charge in [0.2, 0.25) is 0 Å². The second-order valence-electron chi connectivity index (χ2n) is 3.70. The van der Waals surface area contributed by atoms with Gasteiger partial charge in [0.1, 0.15) is 0 Å². The predicted octanol–water partition coefficient (Wildman–Crippen LogP) is 2.90. The van der Waals surface area contributed by atoms with Gasteiger partial charge in [0.25, 0.3) is 0 Å². The van der Waals surface area contributed by atoms with Crippen molar-refractivity contribution in [3.63, 3.8) is 0 Å². The SMILES string of the molecule is CCC1Cc2sccc2CN1CC. The first kappa shape index (κ1) is 9.22. The topological polar surface area (TPSA) is 3.24 Å². The van der Waals surface area contributed by atoms with Gasteiger partial charge in [-0.1, -0.05) is 13.8 Å². The maximum absolute atomic E-state index is 2.59. The van der Waals surface area contributed by atoms with E-state index in [1.165, 1.54) is 25.9 Å². The van der Waals surface area contributed by atoms with E-state index < -0.39 is 0 Å². The van der Waals surface area contributed by atoms with Crippen LogP contribution in [0, 0.1) is 0 Å². The van der Waals surface area contributed by atoms with Gasteiger partial charge in [-0.25, -0.2) is 0 Å². The van der Waals surface area contributed by atoms with Crippen LogP contribution < -0.4 is 0 Å². The first-order valence-electron chi connectivity index (χ1n) is 5.14. The molecule has 2 heterocycles.